The number of hydrogen-bond donors (Lipinski definition) is 4. The van der Waals surface area contributed by atoms with E-state index < -0.39 is 50.1 Å². The van der Waals surface area contributed by atoms with E-state index in [1.165, 1.54) is 41.1 Å². The highest BCUT2D eigenvalue weighted by Crippen LogP contribution is 2.33. The monoisotopic (exact) mass is 511 g/mol. The Bertz CT molecular complexity index is 1300. The van der Waals surface area contributed by atoms with Crippen molar-refractivity contribution >= 4 is 44.5 Å². The number of nitro groups is 1. The quantitative estimate of drug-likeness (QED) is 0.165. The lowest BCUT2D eigenvalue weighted by molar-refractivity contribution is -0.387. The summed E-state index contributed by atoms with van der Waals surface area (Å²) < 4.78 is 34.5. The van der Waals surface area contributed by atoms with E-state index in [1.54, 1.807) is 0 Å². The number of nitrogen functional groups attached to an aromatic ring is 1. The van der Waals surface area contributed by atoms with Crippen molar-refractivity contribution in [3.05, 3.63) is 47.0 Å². The third-order valence-corrected chi connectivity index (χ3v) is 7.74. The number of aromatic nitrogens is 4. The molecule has 1 aliphatic rings. The van der Waals surface area contributed by atoms with Crippen molar-refractivity contribution in [3.8, 4) is 0 Å². The number of anilines is 1. The summed E-state index contributed by atoms with van der Waals surface area (Å²) in [5, 5.41) is 32.0. The number of aliphatic hydroxyl groups is 2. The molecule has 0 saturated carbocycles. The second-order valence-electron chi connectivity index (χ2n) is 7.33. The summed E-state index contributed by atoms with van der Waals surface area (Å²) in [7, 11) is -4.08. The van der Waals surface area contributed by atoms with Gasteiger partial charge in [-0.1, -0.05) is 12.1 Å². The van der Waals surface area contributed by atoms with Gasteiger partial charge in [0, 0.05) is 24.1 Å². The molecule has 1 aliphatic heterocycles. The molecule has 2 aromatic heterocycles. The number of benzene rings is 1. The molecule has 0 spiro atoms. The molecule has 34 heavy (non-hydrogen) atoms. The number of imidazole rings is 1. The van der Waals surface area contributed by atoms with Gasteiger partial charge in [-0.2, -0.15) is 11.8 Å². The molecule has 1 saturated heterocycles. The van der Waals surface area contributed by atoms with E-state index in [-0.39, 0.29) is 18.1 Å². The first kappa shape index (κ1) is 24.2. The Morgan fingerprint density at radius 2 is 2.00 bits per heavy atom. The molecule has 14 nitrogen and oxygen atoms in total. The van der Waals surface area contributed by atoms with Crippen molar-refractivity contribution in [1.29, 1.82) is 0 Å². The summed E-state index contributed by atoms with van der Waals surface area (Å²) in [6.45, 7) is -0.00377. The topological polar surface area (TPSA) is 209 Å². The molecule has 3 heterocycles. The minimum absolute atomic E-state index is 0.00377. The number of thioether (sulfide) groups is 1. The fourth-order valence-corrected chi connectivity index (χ4v) is 5.77. The van der Waals surface area contributed by atoms with Crippen LogP contribution >= 0.6 is 11.8 Å². The van der Waals surface area contributed by atoms with E-state index in [1.807, 2.05) is 0 Å². The molecular weight excluding hydrogens is 490 g/mol. The number of rotatable bonds is 9. The summed E-state index contributed by atoms with van der Waals surface area (Å²) in [6.07, 6.45) is -1.49. The average Bonchev–Trinajstić information content (AvgIpc) is 3.36. The molecule has 4 atom stereocenters. The minimum Gasteiger partial charge on any atom is -0.387 e. The Balaban J connectivity index is 1.32. The van der Waals surface area contributed by atoms with E-state index in [0.717, 1.165) is 12.1 Å². The number of hydrogen-bond acceptors (Lipinski definition) is 12. The minimum atomic E-state index is -4.08. The van der Waals surface area contributed by atoms with Crippen LogP contribution in [0, 0.1) is 10.1 Å². The zero-order valence-electron chi connectivity index (χ0n) is 17.5. The summed E-state index contributed by atoms with van der Waals surface area (Å²) in [5.74, 6) is 0.726. The molecule has 4 rings (SSSR count). The molecule has 182 valence electrons. The molecule has 3 aromatic rings. The van der Waals surface area contributed by atoms with Gasteiger partial charge in [0.2, 0.25) is 10.0 Å². The molecule has 1 fully saturated rings. The maximum absolute atomic E-state index is 12.4. The number of sulfonamides is 1. The van der Waals surface area contributed by atoms with Crippen molar-refractivity contribution in [2.45, 2.75) is 29.4 Å². The van der Waals surface area contributed by atoms with Gasteiger partial charge in [-0.3, -0.25) is 14.7 Å². The second kappa shape index (κ2) is 9.77. The van der Waals surface area contributed by atoms with Gasteiger partial charge in [-0.25, -0.2) is 28.1 Å². The Morgan fingerprint density at radius 1 is 1.24 bits per heavy atom. The Kier molecular flexibility index (Phi) is 6.96. The number of nitrogens with zero attached hydrogens (tertiary/aromatic N) is 5. The molecule has 0 amide bonds. The lowest BCUT2D eigenvalue weighted by atomic mass is 10.1. The smallest absolute Gasteiger partial charge is 0.289 e. The molecule has 0 bridgehead atoms. The van der Waals surface area contributed by atoms with Gasteiger partial charge in [0.15, 0.2) is 22.6 Å². The van der Waals surface area contributed by atoms with Crippen LogP contribution in [0.15, 0.2) is 41.8 Å². The van der Waals surface area contributed by atoms with Crippen LogP contribution < -0.4 is 10.5 Å². The van der Waals surface area contributed by atoms with Gasteiger partial charge < -0.3 is 20.7 Å². The summed E-state index contributed by atoms with van der Waals surface area (Å²) in [5.41, 5.74) is 5.96. The number of nitrogens with two attached hydrogens (primary N) is 1. The summed E-state index contributed by atoms with van der Waals surface area (Å²) in [6, 6.07) is 5.07. The number of nitrogens with one attached hydrogen (secondary N) is 1. The average molecular weight is 512 g/mol. The molecule has 0 aliphatic carbocycles. The highest BCUT2D eigenvalue weighted by molar-refractivity contribution is 7.99. The van der Waals surface area contributed by atoms with Crippen molar-refractivity contribution in [1.82, 2.24) is 24.2 Å². The Labute approximate surface area is 197 Å². The first-order chi connectivity index (χ1) is 16.2. The van der Waals surface area contributed by atoms with Crippen LogP contribution in [0.25, 0.3) is 11.2 Å². The van der Waals surface area contributed by atoms with Crippen LogP contribution in [0.3, 0.4) is 0 Å². The van der Waals surface area contributed by atoms with E-state index >= 15 is 0 Å². The highest BCUT2D eigenvalue weighted by Gasteiger charge is 2.44. The lowest BCUT2D eigenvalue weighted by Gasteiger charge is -2.16. The van der Waals surface area contributed by atoms with Crippen LogP contribution in [0.5, 0.6) is 0 Å². The standard InChI is InChI=1S/C18H21N7O7S2/c19-16-13-17(21-8-20-16)24(9-22-13)18-15(27)14(26)11(32-18)7-33-6-5-23-34(30,31)12-4-2-1-3-10(12)25(28)29/h1-4,8-9,11,14-15,18,23,26-27H,5-7H2,(H2,19,20,21)/t11-,14-,15-,18-/m1/s1. The van der Waals surface area contributed by atoms with Gasteiger partial charge in [0.25, 0.3) is 5.69 Å². The number of fused-ring (bicyclic) bond motifs is 1. The van der Waals surface area contributed by atoms with Crippen molar-refractivity contribution in [2.24, 2.45) is 0 Å². The van der Waals surface area contributed by atoms with E-state index in [4.69, 9.17) is 10.5 Å². The predicted molar refractivity (Wildman–Crippen MR) is 121 cm³/mol. The fourth-order valence-electron chi connectivity index (χ4n) is 3.51. The second-order valence-corrected chi connectivity index (χ2v) is 10.2. The summed E-state index contributed by atoms with van der Waals surface area (Å²) >= 11 is 1.28. The highest BCUT2D eigenvalue weighted by atomic mass is 32.2. The van der Waals surface area contributed by atoms with Gasteiger partial charge in [0.05, 0.1) is 17.4 Å². The van der Waals surface area contributed by atoms with E-state index in [2.05, 4.69) is 19.7 Å². The maximum Gasteiger partial charge on any atom is 0.289 e. The third-order valence-electron chi connectivity index (χ3n) is 5.17. The zero-order valence-corrected chi connectivity index (χ0v) is 19.1. The predicted octanol–water partition coefficient (Wildman–Crippen LogP) is -0.352. The van der Waals surface area contributed by atoms with Gasteiger partial charge in [0.1, 0.15) is 24.1 Å². The lowest BCUT2D eigenvalue weighted by Crippen LogP contribution is -2.33. The number of aliphatic hydroxyl groups excluding tert-OH is 2. The van der Waals surface area contributed by atoms with Gasteiger partial charge in [-0.05, 0) is 6.07 Å². The number of para-hydroxylation sites is 1. The molecule has 16 heteroatoms. The molecular formula is C18H21N7O7S2. The van der Waals surface area contributed by atoms with Crippen LogP contribution in [-0.4, -0.2) is 79.4 Å². The molecule has 0 radical (unpaired) electrons. The Hall–Kier alpha value is -2.89. The number of ether oxygens (including phenoxy) is 1. The third kappa shape index (κ3) is 4.68. The first-order valence-corrected chi connectivity index (χ1v) is 12.6. The van der Waals surface area contributed by atoms with Crippen LogP contribution in [0.2, 0.25) is 0 Å². The normalized spacial score (nSPS) is 22.9. The number of nitro benzene ring substituents is 1. The largest absolute Gasteiger partial charge is 0.387 e. The van der Waals surface area contributed by atoms with Crippen molar-refractivity contribution in [2.75, 3.05) is 23.8 Å². The van der Waals surface area contributed by atoms with Crippen molar-refractivity contribution < 1.29 is 28.3 Å². The van der Waals surface area contributed by atoms with E-state index in [9.17, 15) is 28.7 Å². The SMILES string of the molecule is Nc1ncnc2c1ncn2[C@@H]1O[C@H](CSCCNS(=O)(=O)c2ccccc2[N+](=O)[O-])[C@@H](O)[C@H]1O. The first-order valence-electron chi connectivity index (χ1n) is 9.96. The van der Waals surface area contributed by atoms with E-state index in [0.29, 0.717) is 16.9 Å². The van der Waals surface area contributed by atoms with Gasteiger partial charge in [-0.15, -0.1) is 0 Å². The molecule has 0 unspecified atom stereocenters. The van der Waals surface area contributed by atoms with Crippen LogP contribution in [0.1, 0.15) is 6.23 Å². The fraction of sp³-hybridized carbons (Fsp3) is 0.389. The van der Waals surface area contributed by atoms with Crippen LogP contribution in [-0.2, 0) is 14.8 Å². The van der Waals surface area contributed by atoms with Crippen LogP contribution in [0.4, 0.5) is 11.5 Å². The Morgan fingerprint density at radius 3 is 2.76 bits per heavy atom. The molecule has 5 N–H and O–H groups in total. The maximum atomic E-state index is 12.4. The zero-order chi connectivity index (χ0) is 24.5. The van der Waals surface area contributed by atoms with Crippen molar-refractivity contribution in [3.63, 3.8) is 0 Å². The van der Waals surface area contributed by atoms with Gasteiger partial charge >= 0.3 is 0 Å². The summed E-state index contributed by atoms with van der Waals surface area (Å²) in [4.78, 5) is 22.0. The molecule has 1 aromatic carbocycles.